The van der Waals surface area contributed by atoms with Crippen LogP contribution in [-0.2, 0) is 4.74 Å². The number of amides is 1. The van der Waals surface area contributed by atoms with Gasteiger partial charge in [-0.25, -0.2) is 4.39 Å². The zero-order valence-corrected chi connectivity index (χ0v) is 18.6. The third kappa shape index (κ3) is 6.68. The predicted molar refractivity (Wildman–Crippen MR) is 122 cm³/mol. The van der Waals surface area contributed by atoms with Crippen molar-refractivity contribution in [3.8, 4) is 5.75 Å². The first-order chi connectivity index (χ1) is 15.5. The lowest BCUT2D eigenvalue weighted by Gasteiger charge is -2.38. The standard InChI is InChI=1S/C24H31FN4O3/c1-3-26-24(28-13-5-12-27-23(31)19-6-4-7-21(30)14-19)29-15-17(2)32-22(16-29)18-8-10-20(25)11-9-18/h4,6-11,14,17,22,30H,3,5,12-13,15-16H2,1-2H3,(H,26,28)(H,27,31). The van der Waals surface area contributed by atoms with Gasteiger partial charge in [0.1, 0.15) is 17.7 Å². The molecule has 0 spiro atoms. The Morgan fingerprint density at radius 1 is 1.22 bits per heavy atom. The average molecular weight is 443 g/mol. The van der Waals surface area contributed by atoms with Gasteiger partial charge in [-0.3, -0.25) is 9.79 Å². The van der Waals surface area contributed by atoms with Crippen molar-refractivity contribution in [1.82, 2.24) is 15.5 Å². The molecule has 2 aromatic rings. The summed E-state index contributed by atoms with van der Waals surface area (Å²) >= 11 is 0. The lowest BCUT2D eigenvalue weighted by Crippen LogP contribution is -2.50. The first-order valence-electron chi connectivity index (χ1n) is 11.0. The molecule has 1 amide bonds. The van der Waals surface area contributed by atoms with E-state index in [2.05, 4.69) is 15.5 Å². The van der Waals surface area contributed by atoms with E-state index in [1.54, 1.807) is 24.3 Å². The van der Waals surface area contributed by atoms with E-state index in [4.69, 9.17) is 9.73 Å². The van der Waals surface area contributed by atoms with Crippen molar-refractivity contribution in [2.45, 2.75) is 32.5 Å². The Kier molecular flexibility index (Phi) is 8.44. The SMILES string of the molecule is CCNC(=NCCCNC(=O)c1cccc(O)c1)N1CC(C)OC(c2ccc(F)cc2)C1. The molecular weight excluding hydrogens is 411 g/mol. The van der Waals surface area contributed by atoms with Gasteiger partial charge in [0, 0.05) is 31.7 Å². The zero-order valence-electron chi connectivity index (χ0n) is 18.6. The summed E-state index contributed by atoms with van der Waals surface area (Å²) in [6.45, 7) is 7.13. The predicted octanol–water partition coefficient (Wildman–Crippen LogP) is 3.08. The minimum absolute atomic E-state index is 0.00392. The van der Waals surface area contributed by atoms with Crippen molar-refractivity contribution in [1.29, 1.82) is 0 Å². The zero-order chi connectivity index (χ0) is 22.9. The fourth-order valence-electron chi connectivity index (χ4n) is 3.63. The maximum Gasteiger partial charge on any atom is 0.251 e. The van der Waals surface area contributed by atoms with Crippen LogP contribution in [-0.4, -0.2) is 60.7 Å². The molecule has 2 unspecified atom stereocenters. The van der Waals surface area contributed by atoms with Crippen LogP contribution in [0, 0.1) is 5.82 Å². The lowest BCUT2D eigenvalue weighted by atomic mass is 10.1. The number of halogens is 1. The van der Waals surface area contributed by atoms with Gasteiger partial charge in [0.05, 0.1) is 12.6 Å². The van der Waals surface area contributed by atoms with Crippen LogP contribution < -0.4 is 10.6 Å². The molecule has 172 valence electrons. The lowest BCUT2D eigenvalue weighted by molar-refractivity contribution is -0.0605. The molecule has 1 aliphatic heterocycles. The summed E-state index contributed by atoms with van der Waals surface area (Å²) in [5, 5.41) is 15.7. The molecule has 1 fully saturated rings. The molecule has 2 atom stereocenters. The Morgan fingerprint density at radius 2 is 2.00 bits per heavy atom. The first kappa shape index (κ1) is 23.5. The number of hydrogen-bond donors (Lipinski definition) is 3. The molecule has 0 aromatic heterocycles. The second kappa shape index (κ2) is 11.5. The summed E-state index contributed by atoms with van der Waals surface area (Å²) in [5.41, 5.74) is 1.37. The fraction of sp³-hybridized carbons (Fsp3) is 0.417. The Bertz CT molecular complexity index is 920. The van der Waals surface area contributed by atoms with Gasteiger partial charge in [-0.15, -0.1) is 0 Å². The third-order valence-corrected chi connectivity index (χ3v) is 5.13. The molecule has 2 aromatic carbocycles. The molecule has 0 bridgehead atoms. The molecule has 1 aliphatic rings. The number of rotatable bonds is 7. The van der Waals surface area contributed by atoms with E-state index in [1.165, 1.54) is 24.3 Å². The number of hydrogen-bond acceptors (Lipinski definition) is 4. The van der Waals surface area contributed by atoms with E-state index in [0.29, 0.717) is 38.2 Å². The number of morpholine rings is 1. The quantitative estimate of drug-likeness (QED) is 0.349. The van der Waals surface area contributed by atoms with Gasteiger partial charge in [0.25, 0.3) is 5.91 Å². The van der Waals surface area contributed by atoms with Crippen LogP contribution in [0.2, 0.25) is 0 Å². The summed E-state index contributed by atoms with van der Waals surface area (Å²) < 4.78 is 19.4. The topological polar surface area (TPSA) is 86.2 Å². The van der Waals surface area contributed by atoms with Gasteiger partial charge in [-0.1, -0.05) is 18.2 Å². The highest BCUT2D eigenvalue weighted by Crippen LogP contribution is 2.25. The van der Waals surface area contributed by atoms with Gasteiger partial charge in [0.2, 0.25) is 0 Å². The summed E-state index contributed by atoms with van der Waals surface area (Å²) in [5.74, 6) is 0.381. The fourth-order valence-corrected chi connectivity index (χ4v) is 3.63. The Labute approximate surface area is 188 Å². The van der Waals surface area contributed by atoms with Crippen molar-refractivity contribution in [2.75, 3.05) is 32.7 Å². The highest BCUT2D eigenvalue weighted by Gasteiger charge is 2.28. The number of nitrogens with zero attached hydrogens (tertiary/aromatic N) is 2. The average Bonchev–Trinajstić information content (AvgIpc) is 2.78. The molecule has 3 N–H and O–H groups in total. The highest BCUT2D eigenvalue weighted by molar-refractivity contribution is 5.94. The van der Waals surface area contributed by atoms with Crippen LogP contribution >= 0.6 is 0 Å². The Balaban J connectivity index is 1.55. The van der Waals surface area contributed by atoms with Crippen molar-refractivity contribution in [3.63, 3.8) is 0 Å². The smallest absolute Gasteiger partial charge is 0.251 e. The van der Waals surface area contributed by atoms with Gasteiger partial charge < -0.3 is 25.4 Å². The molecule has 0 radical (unpaired) electrons. The monoisotopic (exact) mass is 442 g/mol. The van der Waals surface area contributed by atoms with Gasteiger partial charge in [-0.2, -0.15) is 0 Å². The van der Waals surface area contributed by atoms with Gasteiger partial charge in [0.15, 0.2) is 5.96 Å². The van der Waals surface area contributed by atoms with Crippen LogP contribution in [0.4, 0.5) is 4.39 Å². The maximum atomic E-state index is 13.3. The van der Waals surface area contributed by atoms with Crippen LogP contribution in [0.5, 0.6) is 5.75 Å². The number of aliphatic imine (C=N–C) groups is 1. The number of phenols is 1. The first-order valence-corrected chi connectivity index (χ1v) is 11.0. The van der Waals surface area contributed by atoms with E-state index in [9.17, 15) is 14.3 Å². The number of aromatic hydroxyl groups is 1. The molecule has 3 rings (SSSR count). The highest BCUT2D eigenvalue weighted by atomic mass is 19.1. The van der Waals surface area contributed by atoms with Crippen molar-refractivity contribution in [3.05, 3.63) is 65.5 Å². The van der Waals surface area contributed by atoms with Gasteiger partial charge in [-0.05, 0) is 56.2 Å². The number of carbonyl (C=O) groups excluding carboxylic acids is 1. The maximum absolute atomic E-state index is 13.3. The minimum atomic E-state index is -0.263. The second-order valence-corrected chi connectivity index (χ2v) is 7.79. The molecule has 32 heavy (non-hydrogen) atoms. The molecular formula is C24H31FN4O3. The number of nitrogens with one attached hydrogen (secondary N) is 2. The summed E-state index contributed by atoms with van der Waals surface area (Å²) in [6, 6.07) is 12.7. The van der Waals surface area contributed by atoms with E-state index in [0.717, 1.165) is 18.1 Å². The Morgan fingerprint density at radius 3 is 2.72 bits per heavy atom. The minimum Gasteiger partial charge on any atom is -0.508 e. The van der Waals surface area contributed by atoms with E-state index < -0.39 is 0 Å². The molecule has 1 heterocycles. The Hall–Kier alpha value is -3.13. The second-order valence-electron chi connectivity index (χ2n) is 7.79. The molecule has 7 nitrogen and oxygen atoms in total. The van der Waals surface area contributed by atoms with Crippen LogP contribution in [0.25, 0.3) is 0 Å². The number of ether oxygens (including phenoxy) is 1. The van der Waals surface area contributed by atoms with E-state index >= 15 is 0 Å². The molecule has 1 saturated heterocycles. The molecule has 8 heteroatoms. The van der Waals surface area contributed by atoms with Crippen molar-refractivity contribution < 1.29 is 19.0 Å². The normalized spacial score (nSPS) is 19.0. The third-order valence-electron chi connectivity index (χ3n) is 5.13. The number of guanidine groups is 1. The van der Waals surface area contributed by atoms with Gasteiger partial charge >= 0.3 is 0 Å². The summed E-state index contributed by atoms with van der Waals surface area (Å²) in [7, 11) is 0. The van der Waals surface area contributed by atoms with E-state index in [1.807, 2.05) is 13.8 Å². The summed E-state index contributed by atoms with van der Waals surface area (Å²) in [4.78, 5) is 19.0. The molecule has 0 aliphatic carbocycles. The number of benzene rings is 2. The van der Waals surface area contributed by atoms with Crippen LogP contribution in [0.1, 0.15) is 42.3 Å². The van der Waals surface area contributed by atoms with Crippen LogP contribution in [0.15, 0.2) is 53.5 Å². The number of carbonyl (C=O) groups is 1. The van der Waals surface area contributed by atoms with Crippen LogP contribution in [0.3, 0.4) is 0 Å². The van der Waals surface area contributed by atoms with Crippen molar-refractivity contribution >= 4 is 11.9 Å². The van der Waals surface area contributed by atoms with Crippen molar-refractivity contribution in [2.24, 2.45) is 4.99 Å². The number of phenolic OH excluding ortho intramolecular Hbond substituents is 1. The summed E-state index contributed by atoms with van der Waals surface area (Å²) in [6.07, 6.45) is 0.523. The molecule has 0 saturated carbocycles. The largest absolute Gasteiger partial charge is 0.508 e. The van der Waals surface area contributed by atoms with E-state index in [-0.39, 0.29) is 29.7 Å².